The van der Waals surface area contributed by atoms with E-state index in [2.05, 4.69) is 15.3 Å². The molecule has 1 atom stereocenters. The van der Waals surface area contributed by atoms with Gasteiger partial charge in [-0.1, -0.05) is 41.7 Å². The third-order valence-electron chi connectivity index (χ3n) is 6.03. The van der Waals surface area contributed by atoms with E-state index in [9.17, 15) is 22.0 Å². The van der Waals surface area contributed by atoms with Gasteiger partial charge < -0.3 is 11.1 Å². The van der Waals surface area contributed by atoms with Gasteiger partial charge in [-0.25, -0.2) is 13.8 Å². The van der Waals surface area contributed by atoms with Crippen LogP contribution in [0.3, 0.4) is 0 Å². The number of rotatable bonds is 7. The number of halogens is 5. The molecule has 0 spiro atoms. The zero-order valence-corrected chi connectivity index (χ0v) is 20.6. The highest BCUT2D eigenvalue weighted by Crippen LogP contribution is 2.41. The Hall–Kier alpha value is -3.89. The maximum Gasteiger partial charge on any atom is 0.416 e. The molecule has 0 amide bonds. The monoisotopic (exact) mass is 540 g/mol. The van der Waals surface area contributed by atoms with Crippen molar-refractivity contribution in [3.05, 3.63) is 102 Å². The van der Waals surface area contributed by atoms with Crippen LogP contribution in [0.4, 0.5) is 27.1 Å². The number of alkyl halides is 3. The Morgan fingerprint density at radius 1 is 0.947 bits per heavy atom. The predicted octanol–water partition coefficient (Wildman–Crippen LogP) is 7.30. The van der Waals surface area contributed by atoms with Crippen molar-refractivity contribution in [1.29, 1.82) is 0 Å². The normalized spacial score (nSPS) is 12.6. The van der Waals surface area contributed by atoms with Gasteiger partial charge in [0.25, 0.3) is 0 Å². The van der Waals surface area contributed by atoms with Crippen molar-refractivity contribution in [1.82, 2.24) is 9.97 Å². The minimum Gasteiger partial charge on any atom is -0.360 e. The van der Waals surface area contributed by atoms with Gasteiger partial charge in [-0.15, -0.1) is 0 Å². The lowest BCUT2D eigenvalue weighted by atomic mass is 10.0. The van der Waals surface area contributed by atoms with Crippen molar-refractivity contribution in [2.75, 3.05) is 11.9 Å². The maximum atomic E-state index is 14.8. The van der Waals surface area contributed by atoms with Crippen LogP contribution in [-0.4, -0.2) is 22.6 Å². The summed E-state index contributed by atoms with van der Waals surface area (Å²) in [5, 5.41) is 5.47. The Bertz CT molecular complexity index is 1580. The number of hydrogen-bond acceptors (Lipinski definition) is 5. The molecule has 3 N–H and O–H groups in total. The Labute approximate surface area is 219 Å². The van der Waals surface area contributed by atoms with Gasteiger partial charge >= 0.3 is 6.18 Å². The first kappa shape index (κ1) is 25.7. The summed E-state index contributed by atoms with van der Waals surface area (Å²) < 4.78 is 67.3. The average Bonchev–Trinajstić information content (AvgIpc) is 3.33. The molecule has 2 aromatic heterocycles. The number of nitrogens with two attached hydrogens (primary N) is 1. The van der Waals surface area contributed by atoms with Gasteiger partial charge in [-0.2, -0.15) is 13.2 Å². The van der Waals surface area contributed by atoms with E-state index in [1.54, 1.807) is 12.4 Å². The first-order chi connectivity index (χ1) is 18.2. The number of anilines is 1. The number of benzene rings is 3. The fraction of sp³-hybridized carbons (Fsp3) is 0.143. The molecule has 2 heterocycles. The molecule has 4 nitrogen and oxygen atoms in total. The largest absolute Gasteiger partial charge is 0.416 e. The molecule has 0 aliphatic rings. The molecule has 38 heavy (non-hydrogen) atoms. The average molecular weight is 541 g/mol. The summed E-state index contributed by atoms with van der Waals surface area (Å²) in [6, 6.07) is 16.0. The highest BCUT2D eigenvalue weighted by Gasteiger charge is 2.30. The molecule has 10 heteroatoms. The highest BCUT2D eigenvalue weighted by molar-refractivity contribution is 7.19. The molecule has 0 bridgehead atoms. The van der Waals surface area contributed by atoms with Gasteiger partial charge in [0.2, 0.25) is 0 Å². The second-order valence-electron chi connectivity index (χ2n) is 8.78. The van der Waals surface area contributed by atoms with Crippen LogP contribution in [0.2, 0.25) is 0 Å². The standard InChI is InChI=1S/C28H21F5N4S/c29-23-3-1-2-22(24(23)30)25-26(18-6-7-19-14-35-11-10-17(19)13-18)38-27(37-25)36-15-21(34)12-16-4-8-20(9-5-16)28(31,32)33/h1-11,13-14,21H,12,15,34H2,(H,36,37)/t21-/m0/s1. The minimum atomic E-state index is -4.40. The Morgan fingerprint density at radius 3 is 2.50 bits per heavy atom. The van der Waals surface area contributed by atoms with E-state index in [-0.39, 0.29) is 12.1 Å². The summed E-state index contributed by atoms with van der Waals surface area (Å²) >= 11 is 1.28. The molecule has 0 aliphatic heterocycles. The number of nitrogens with zero attached hydrogens (tertiary/aromatic N) is 2. The van der Waals surface area contributed by atoms with Crippen LogP contribution < -0.4 is 11.1 Å². The molecule has 0 radical (unpaired) electrons. The van der Waals surface area contributed by atoms with Crippen LogP contribution in [0.15, 0.2) is 79.1 Å². The zero-order chi connectivity index (χ0) is 26.9. The predicted molar refractivity (Wildman–Crippen MR) is 140 cm³/mol. The van der Waals surface area contributed by atoms with Crippen molar-refractivity contribution >= 4 is 27.2 Å². The second-order valence-corrected chi connectivity index (χ2v) is 9.77. The van der Waals surface area contributed by atoms with Gasteiger partial charge in [0.05, 0.1) is 16.1 Å². The summed E-state index contributed by atoms with van der Waals surface area (Å²) in [5.41, 5.74) is 7.28. The van der Waals surface area contributed by atoms with Crippen molar-refractivity contribution < 1.29 is 22.0 Å². The van der Waals surface area contributed by atoms with E-state index in [0.717, 1.165) is 34.5 Å². The molecule has 0 saturated carbocycles. The first-order valence-electron chi connectivity index (χ1n) is 11.6. The SMILES string of the molecule is N[C@H](CNc1nc(-c2cccc(F)c2F)c(-c2ccc3cnccc3c2)s1)Cc1ccc(C(F)(F)F)cc1. The number of fused-ring (bicyclic) bond motifs is 1. The summed E-state index contributed by atoms with van der Waals surface area (Å²) in [7, 11) is 0. The Morgan fingerprint density at radius 2 is 1.74 bits per heavy atom. The van der Waals surface area contributed by atoms with Crippen LogP contribution in [0.5, 0.6) is 0 Å². The lowest BCUT2D eigenvalue weighted by molar-refractivity contribution is -0.137. The molecule has 0 fully saturated rings. The number of thiazole rings is 1. The van der Waals surface area contributed by atoms with Crippen molar-refractivity contribution in [3.8, 4) is 21.7 Å². The molecule has 0 saturated heterocycles. The van der Waals surface area contributed by atoms with Gasteiger partial charge in [0.15, 0.2) is 16.8 Å². The summed E-state index contributed by atoms with van der Waals surface area (Å²) in [6.07, 6.45) is -0.639. The molecule has 5 aromatic rings. The first-order valence-corrected chi connectivity index (χ1v) is 12.5. The zero-order valence-electron chi connectivity index (χ0n) is 19.8. The number of nitrogens with one attached hydrogen (secondary N) is 1. The third-order valence-corrected chi connectivity index (χ3v) is 7.09. The van der Waals surface area contributed by atoms with Gasteiger partial charge in [0, 0.05) is 35.9 Å². The van der Waals surface area contributed by atoms with Crippen molar-refractivity contribution in [2.24, 2.45) is 5.73 Å². The highest BCUT2D eigenvalue weighted by atomic mass is 32.1. The van der Waals surface area contributed by atoms with E-state index in [1.807, 2.05) is 24.3 Å². The van der Waals surface area contributed by atoms with Crippen LogP contribution in [0.25, 0.3) is 32.5 Å². The van der Waals surface area contributed by atoms with E-state index < -0.39 is 29.4 Å². The minimum absolute atomic E-state index is 0.0354. The topological polar surface area (TPSA) is 63.8 Å². The van der Waals surface area contributed by atoms with Crippen LogP contribution in [0.1, 0.15) is 11.1 Å². The lowest BCUT2D eigenvalue weighted by Crippen LogP contribution is -2.31. The fourth-order valence-corrected chi connectivity index (χ4v) is 5.09. The van der Waals surface area contributed by atoms with Crippen LogP contribution in [0, 0.1) is 11.6 Å². The molecule has 3 aromatic carbocycles. The molecular weight excluding hydrogens is 519 g/mol. The lowest BCUT2D eigenvalue weighted by Gasteiger charge is -2.13. The van der Waals surface area contributed by atoms with E-state index in [4.69, 9.17) is 5.73 Å². The van der Waals surface area contributed by atoms with Crippen molar-refractivity contribution in [3.63, 3.8) is 0 Å². The Balaban J connectivity index is 1.40. The molecule has 0 unspecified atom stereocenters. The third kappa shape index (κ3) is 5.51. The Kier molecular flexibility index (Phi) is 7.09. The quantitative estimate of drug-likeness (QED) is 0.213. The van der Waals surface area contributed by atoms with Crippen molar-refractivity contribution in [2.45, 2.75) is 18.6 Å². The number of pyridine rings is 1. The van der Waals surface area contributed by atoms with E-state index in [1.165, 1.54) is 35.6 Å². The maximum absolute atomic E-state index is 14.8. The summed E-state index contributed by atoms with van der Waals surface area (Å²) in [5.74, 6) is -1.96. The van der Waals surface area contributed by atoms with E-state index in [0.29, 0.717) is 27.7 Å². The fourth-order valence-electron chi connectivity index (χ4n) is 4.11. The molecule has 5 rings (SSSR count). The van der Waals surface area contributed by atoms with E-state index >= 15 is 0 Å². The summed E-state index contributed by atoms with van der Waals surface area (Å²) in [4.78, 5) is 9.33. The molecular formula is C28H21F5N4S. The molecule has 0 aliphatic carbocycles. The number of aromatic nitrogens is 2. The van der Waals surface area contributed by atoms with Gasteiger partial charge in [0.1, 0.15) is 0 Å². The van der Waals surface area contributed by atoms with Gasteiger partial charge in [-0.3, -0.25) is 4.98 Å². The van der Waals surface area contributed by atoms with Crippen LogP contribution in [-0.2, 0) is 12.6 Å². The molecule has 194 valence electrons. The summed E-state index contributed by atoms with van der Waals surface area (Å²) in [6.45, 7) is 0.266. The second kappa shape index (κ2) is 10.5. The number of hydrogen-bond donors (Lipinski definition) is 2. The van der Waals surface area contributed by atoms with Gasteiger partial charge in [-0.05, 0) is 59.3 Å². The van der Waals surface area contributed by atoms with Crippen LogP contribution >= 0.6 is 11.3 Å². The smallest absolute Gasteiger partial charge is 0.360 e.